The fraction of sp³-hybridized carbons (Fsp3) is 0.457. The molecule has 0 bridgehead atoms. The molecule has 4 amide bonds. The van der Waals surface area contributed by atoms with Gasteiger partial charge in [0, 0.05) is 56.7 Å². The number of benzene rings is 2. The van der Waals surface area contributed by atoms with Crippen LogP contribution in [0, 0.1) is 5.82 Å². The maximum absolute atomic E-state index is 15.7. The molecule has 0 aliphatic carbocycles. The van der Waals surface area contributed by atoms with Gasteiger partial charge in [-0.3, -0.25) is 23.9 Å². The zero-order chi connectivity index (χ0) is 34.2. The highest BCUT2D eigenvalue weighted by Gasteiger charge is 2.34. The average molecular weight is 648 g/mol. The molecule has 1 fully saturated rings. The molecule has 0 unspecified atom stereocenters. The quantitative estimate of drug-likeness (QED) is 0.274. The number of amides is 4. The summed E-state index contributed by atoms with van der Waals surface area (Å²) in [6, 6.07) is 13.2. The highest BCUT2D eigenvalue weighted by Crippen LogP contribution is 2.27. The van der Waals surface area contributed by atoms with Crippen molar-refractivity contribution < 1.29 is 23.6 Å². The molecular formula is C35H46FN7O4. The molecule has 2 aromatic carbocycles. The van der Waals surface area contributed by atoms with Gasteiger partial charge in [0.25, 0.3) is 5.91 Å². The molecule has 2 heterocycles. The summed E-state index contributed by atoms with van der Waals surface area (Å²) in [6.45, 7) is 11.6. The lowest BCUT2D eigenvalue weighted by molar-refractivity contribution is -0.138. The maximum Gasteiger partial charge on any atom is 0.270 e. The van der Waals surface area contributed by atoms with Gasteiger partial charge in [-0.15, -0.1) is 0 Å². The molecule has 0 saturated carbocycles. The molecule has 1 saturated heterocycles. The van der Waals surface area contributed by atoms with Crippen LogP contribution in [-0.2, 0) is 14.4 Å². The summed E-state index contributed by atoms with van der Waals surface area (Å²) in [5.74, 6) is -3.26. The summed E-state index contributed by atoms with van der Waals surface area (Å²) in [6.07, 6.45) is 1.73. The number of nitrogens with one attached hydrogen (secondary N) is 3. The minimum absolute atomic E-state index is 0.0720. The summed E-state index contributed by atoms with van der Waals surface area (Å²) in [5.41, 5.74) is 1.55. The van der Waals surface area contributed by atoms with Crippen LogP contribution in [0.3, 0.4) is 0 Å². The van der Waals surface area contributed by atoms with Crippen molar-refractivity contribution in [3.63, 3.8) is 0 Å². The van der Waals surface area contributed by atoms with Crippen LogP contribution in [0.5, 0.6) is 0 Å². The number of hydrogen-bond donors (Lipinski definition) is 3. The van der Waals surface area contributed by atoms with Crippen molar-refractivity contribution in [3.05, 3.63) is 83.4 Å². The Labute approximate surface area is 275 Å². The second-order valence-corrected chi connectivity index (χ2v) is 12.4. The van der Waals surface area contributed by atoms with E-state index < -0.39 is 41.6 Å². The third-order valence-electron chi connectivity index (χ3n) is 8.78. The zero-order valence-electron chi connectivity index (χ0n) is 28.0. The van der Waals surface area contributed by atoms with Gasteiger partial charge in [0.2, 0.25) is 17.7 Å². The van der Waals surface area contributed by atoms with Gasteiger partial charge < -0.3 is 25.8 Å². The highest BCUT2D eigenvalue weighted by molar-refractivity contribution is 6.01. The zero-order valence-corrected chi connectivity index (χ0v) is 28.0. The molecule has 1 aliphatic heterocycles. The van der Waals surface area contributed by atoms with Crippen LogP contribution in [0.2, 0.25) is 0 Å². The van der Waals surface area contributed by atoms with E-state index in [1.54, 1.807) is 35.6 Å². The normalized spacial score (nSPS) is 16.2. The number of rotatable bonds is 12. The van der Waals surface area contributed by atoms with Crippen molar-refractivity contribution in [1.82, 2.24) is 30.2 Å². The van der Waals surface area contributed by atoms with E-state index in [1.807, 2.05) is 58.2 Å². The van der Waals surface area contributed by atoms with Gasteiger partial charge in [0.1, 0.15) is 23.6 Å². The van der Waals surface area contributed by atoms with E-state index in [4.69, 9.17) is 0 Å². The summed E-state index contributed by atoms with van der Waals surface area (Å²) in [5, 5.41) is 12.6. The number of halogens is 1. The number of piperazine rings is 1. The minimum Gasteiger partial charge on any atom is -0.344 e. The Hall–Kier alpha value is -4.58. The number of likely N-dealkylation sites (N-methyl/N-ethyl adjacent to an activating group) is 1. The Morgan fingerprint density at radius 3 is 2.13 bits per heavy atom. The molecule has 47 heavy (non-hydrogen) atoms. The lowest BCUT2D eigenvalue weighted by atomic mass is 9.91. The van der Waals surface area contributed by atoms with Crippen LogP contribution in [0.15, 0.2) is 60.8 Å². The van der Waals surface area contributed by atoms with Gasteiger partial charge in [0.15, 0.2) is 0 Å². The van der Waals surface area contributed by atoms with Gasteiger partial charge in [-0.1, -0.05) is 57.2 Å². The topological polar surface area (TPSA) is 129 Å². The van der Waals surface area contributed by atoms with Crippen LogP contribution < -0.4 is 16.0 Å². The smallest absolute Gasteiger partial charge is 0.270 e. The van der Waals surface area contributed by atoms with Gasteiger partial charge in [0.05, 0.1) is 5.69 Å². The molecule has 4 atom stereocenters. The number of carbonyl (C=O) groups is 4. The fourth-order valence-electron chi connectivity index (χ4n) is 5.71. The van der Waals surface area contributed by atoms with Crippen molar-refractivity contribution >= 4 is 29.3 Å². The first-order valence-corrected chi connectivity index (χ1v) is 16.2. The van der Waals surface area contributed by atoms with E-state index >= 15 is 4.39 Å². The standard InChI is InChI=1S/C35H46FN7O4/c1-7-30(44)39-32(35(47)42-19-17-41(6)18-20-42)24(5)26-13-14-28(27(36)21-26)38-34(46)31(23(4)25-11-9-8-10-12-25)40-33(45)29-15-16-37-43(29)22(2)3/h8-16,21-24,31-32H,7,17-20H2,1-6H3,(H,38,46)(H,39,44)(H,40,45)/t23-,24-,31-,32+/m0/s1. The maximum atomic E-state index is 15.7. The van der Waals surface area contributed by atoms with Gasteiger partial charge in [-0.05, 0) is 50.2 Å². The first-order chi connectivity index (χ1) is 22.4. The number of nitrogens with zero attached hydrogens (tertiary/aromatic N) is 4. The Kier molecular flexibility index (Phi) is 11.9. The highest BCUT2D eigenvalue weighted by atomic mass is 19.1. The number of hydrogen-bond acceptors (Lipinski definition) is 6. The van der Waals surface area contributed by atoms with Gasteiger partial charge in [-0.2, -0.15) is 5.10 Å². The molecule has 11 nitrogen and oxygen atoms in total. The minimum atomic E-state index is -1.05. The molecule has 252 valence electrons. The average Bonchev–Trinajstić information content (AvgIpc) is 3.57. The molecular weight excluding hydrogens is 601 g/mol. The van der Waals surface area contributed by atoms with Crippen molar-refractivity contribution in [2.75, 3.05) is 38.5 Å². The Morgan fingerprint density at radius 2 is 1.51 bits per heavy atom. The van der Waals surface area contributed by atoms with Crippen LogP contribution in [0.1, 0.15) is 80.5 Å². The molecule has 1 aliphatic rings. The SMILES string of the molecule is CCC(=O)N[C@@H](C(=O)N1CCN(C)CC1)[C@@H](C)c1ccc(NC(=O)[C@@H](NC(=O)c2ccnn2C(C)C)[C@@H](C)c2ccccc2)c(F)c1. The summed E-state index contributed by atoms with van der Waals surface area (Å²) in [4.78, 5) is 57.0. The van der Waals surface area contributed by atoms with E-state index in [0.717, 1.165) is 18.7 Å². The van der Waals surface area contributed by atoms with Crippen LogP contribution in [0.4, 0.5) is 10.1 Å². The number of carbonyl (C=O) groups excluding carboxylic acids is 4. The predicted octanol–water partition coefficient (Wildman–Crippen LogP) is 3.92. The van der Waals surface area contributed by atoms with E-state index in [1.165, 1.54) is 18.3 Å². The van der Waals surface area contributed by atoms with Gasteiger partial charge >= 0.3 is 0 Å². The monoisotopic (exact) mass is 647 g/mol. The summed E-state index contributed by atoms with van der Waals surface area (Å²) < 4.78 is 17.2. The molecule has 12 heteroatoms. The van der Waals surface area contributed by atoms with E-state index in [0.29, 0.717) is 24.3 Å². The van der Waals surface area contributed by atoms with Gasteiger partial charge in [-0.25, -0.2) is 4.39 Å². The van der Waals surface area contributed by atoms with Crippen molar-refractivity contribution in [1.29, 1.82) is 0 Å². The second kappa shape index (κ2) is 15.8. The number of anilines is 1. The first kappa shape index (κ1) is 35.3. The van der Waals surface area contributed by atoms with Crippen LogP contribution in [0.25, 0.3) is 0 Å². The van der Waals surface area contributed by atoms with Crippen molar-refractivity contribution in [2.45, 2.75) is 71.0 Å². The van der Waals surface area contributed by atoms with Crippen LogP contribution >= 0.6 is 0 Å². The second-order valence-electron chi connectivity index (χ2n) is 12.4. The molecule has 1 aromatic heterocycles. The Balaban J connectivity index is 1.56. The lowest BCUT2D eigenvalue weighted by Gasteiger charge is -2.36. The van der Waals surface area contributed by atoms with Crippen molar-refractivity contribution in [3.8, 4) is 0 Å². The van der Waals surface area contributed by atoms with E-state index in [9.17, 15) is 19.2 Å². The molecule has 0 radical (unpaired) electrons. The van der Waals surface area contributed by atoms with Crippen molar-refractivity contribution in [2.24, 2.45) is 0 Å². The van der Waals surface area contributed by atoms with Crippen LogP contribution in [-0.4, -0.2) is 88.5 Å². The Morgan fingerprint density at radius 1 is 0.851 bits per heavy atom. The fourth-order valence-corrected chi connectivity index (χ4v) is 5.71. The first-order valence-electron chi connectivity index (χ1n) is 16.2. The number of aromatic nitrogens is 2. The Bertz CT molecular complexity index is 1550. The molecule has 3 N–H and O–H groups in total. The predicted molar refractivity (Wildman–Crippen MR) is 178 cm³/mol. The summed E-state index contributed by atoms with van der Waals surface area (Å²) in [7, 11) is 1.99. The molecule has 4 rings (SSSR count). The van der Waals surface area contributed by atoms with E-state index in [-0.39, 0.29) is 30.0 Å². The largest absolute Gasteiger partial charge is 0.344 e. The third kappa shape index (κ3) is 8.62. The summed E-state index contributed by atoms with van der Waals surface area (Å²) >= 11 is 0. The third-order valence-corrected chi connectivity index (χ3v) is 8.78. The lowest BCUT2D eigenvalue weighted by Crippen LogP contribution is -2.55. The molecule has 3 aromatic rings. The van der Waals surface area contributed by atoms with E-state index in [2.05, 4.69) is 25.9 Å². The molecule has 0 spiro atoms.